The van der Waals surface area contributed by atoms with E-state index in [1.807, 2.05) is 32.2 Å². The van der Waals surface area contributed by atoms with Gasteiger partial charge in [0.25, 0.3) is 0 Å². The van der Waals surface area contributed by atoms with Crippen LogP contribution >= 0.6 is 0 Å². The van der Waals surface area contributed by atoms with E-state index in [2.05, 4.69) is 30.9 Å². The van der Waals surface area contributed by atoms with E-state index in [9.17, 15) is 9.90 Å². The predicted molar refractivity (Wildman–Crippen MR) is 101 cm³/mol. The average Bonchev–Trinajstić information content (AvgIpc) is 3.33. The van der Waals surface area contributed by atoms with Crippen LogP contribution in [0.5, 0.6) is 0 Å². The Labute approximate surface area is 159 Å². The van der Waals surface area contributed by atoms with Crippen molar-refractivity contribution < 1.29 is 9.90 Å². The minimum Gasteiger partial charge on any atom is -0.481 e. The van der Waals surface area contributed by atoms with Crippen molar-refractivity contribution in [3.63, 3.8) is 0 Å². The summed E-state index contributed by atoms with van der Waals surface area (Å²) in [6, 6.07) is 4.49. The fraction of sp³-hybridized carbons (Fsp3) is 0.632. The molecule has 0 spiro atoms. The highest BCUT2D eigenvalue weighted by Gasteiger charge is 2.33. The first kappa shape index (κ1) is 19.3. The molecule has 0 bridgehead atoms. The Bertz CT molecular complexity index is 710. The van der Waals surface area contributed by atoms with Gasteiger partial charge in [-0.2, -0.15) is 5.21 Å². The van der Waals surface area contributed by atoms with Gasteiger partial charge in [-0.3, -0.25) is 4.79 Å². The van der Waals surface area contributed by atoms with Crippen LogP contribution in [-0.4, -0.2) is 42.7 Å². The molecule has 1 saturated carbocycles. The number of carboxylic acids is 1. The number of tetrazole rings is 1. The van der Waals surface area contributed by atoms with E-state index in [0.717, 1.165) is 11.4 Å². The number of nitrogens with zero attached hydrogens (tertiary/aromatic N) is 4. The summed E-state index contributed by atoms with van der Waals surface area (Å²) in [5, 5.41) is 27.4. The number of hydrogen-bond donors (Lipinski definition) is 3. The van der Waals surface area contributed by atoms with Crippen molar-refractivity contribution in [3.05, 3.63) is 29.7 Å². The van der Waals surface area contributed by atoms with Crippen LogP contribution in [0.4, 0.5) is 5.82 Å². The standard InChI is InChI=1S/C19H28N6O2/c1-12(2)9-16(19(26)27)15(18-22-24-25-23-18)10-13-7-8-17(20-11-13)21-14-5-3-4-6-14/h7-8,11-12,14-16H,3-6,9-10H2,1-2H3,(H,20,21)(H,26,27)(H,22,23,24,25). The van der Waals surface area contributed by atoms with E-state index in [0.29, 0.717) is 24.7 Å². The van der Waals surface area contributed by atoms with Gasteiger partial charge < -0.3 is 10.4 Å². The number of anilines is 1. The zero-order valence-corrected chi connectivity index (χ0v) is 15.9. The van der Waals surface area contributed by atoms with Crippen molar-refractivity contribution in [3.8, 4) is 0 Å². The molecule has 146 valence electrons. The van der Waals surface area contributed by atoms with Crippen molar-refractivity contribution in [1.82, 2.24) is 25.6 Å². The Kier molecular flexibility index (Phi) is 6.36. The van der Waals surface area contributed by atoms with Gasteiger partial charge in [0.1, 0.15) is 5.82 Å². The molecule has 3 rings (SSSR count). The number of nitrogens with one attached hydrogen (secondary N) is 2. The molecule has 0 aliphatic heterocycles. The van der Waals surface area contributed by atoms with Crippen LogP contribution in [0.15, 0.2) is 18.3 Å². The Morgan fingerprint density at radius 2 is 2.11 bits per heavy atom. The lowest BCUT2D eigenvalue weighted by Gasteiger charge is -2.23. The number of H-pyrrole nitrogens is 1. The smallest absolute Gasteiger partial charge is 0.307 e. The summed E-state index contributed by atoms with van der Waals surface area (Å²) in [6.07, 6.45) is 7.82. The van der Waals surface area contributed by atoms with E-state index in [-0.39, 0.29) is 11.8 Å². The zero-order chi connectivity index (χ0) is 19.2. The lowest BCUT2D eigenvalue weighted by Crippen LogP contribution is -2.26. The molecular formula is C19H28N6O2. The molecule has 0 saturated heterocycles. The summed E-state index contributed by atoms with van der Waals surface area (Å²) in [5.74, 6) is -0.171. The Morgan fingerprint density at radius 3 is 2.67 bits per heavy atom. The fourth-order valence-electron chi connectivity index (χ4n) is 3.85. The molecule has 2 unspecified atom stereocenters. The summed E-state index contributed by atoms with van der Waals surface area (Å²) in [7, 11) is 0. The summed E-state index contributed by atoms with van der Waals surface area (Å²) in [6.45, 7) is 4.04. The normalized spacial score (nSPS) is 17.1. The first-order valence-corrected chi connectivity index (χ1v) is 9.70. The minimum atomic E-state index is -0.828. The van der Waals surface area contributed by atoms with Gasteiger partial charge in [0.15, 0.2) is 5.82 Å². The largest absolute Gasteiger partial charge is 0.481 e. The van der Waals surface area contributed by atoms with Crippen LogP contribution in [-0.2, 0) is 11.2 Å². The predicted octanol–water partition coefficient (Wildman–Crippen LogP) is 3.02. The van der Waals surface area contributed by atoms with Gasteiger partial charge in [0.2, 0.25) is 0 Å². The van der Waals surface area contributed by atoms with Crippen LogP contribution in [0.2, 0.25) is 0 Å². The van der Waals surface area contributed by atoms with Gasteiger partial charge in [0, 0.05) is 18.2 Å². The van der Waals surface area contributed by atoms with Crippen molar-refractivity contribution in [2.75, 3.05) is 5.32 Å². The summed E-state index contributed by atoms with van der Waals surface area (Å²) >= 11 is 0. The molecule has 2 aromatic heterocycles. The van der Waals surface area contributed by atoms with Crippen LogP contribution in [0, 0.1) is 11.8 Å². The first-order chi connectivity index (χ1) is 13.0. The number of carboxylic acid groups (broad SMARTS) is 1. The van der Waals surface area contributed by atoms with E-state index >= 15 is 0 Å². The minimum absolute atomic E-state index is 0.261. The second kappa shape index (κ2) is 8.92. The number of rotatable bonds is 9. The quantitative estimate of drug-likeness (QED) is 0.619. The maximum Gasteiger partial charge on any atom is 0.307 e. The molecule has 2 aromatic rings. The van der Waals surface area contributed by atoms with Crippen LogP contribution in [0.3, 0.4) is 0 Å². The number of aromatic nitrogens is 5. The molecule has 8 nitrogen and oxygen atoms in total. The summed E-state index contributed by atoms with van der Waals surface area (Å²) in [4.78, 5) is 16.4. The molecule has 1 aliphatic carbocycles. The zero-order valence-electron chi connectivity index (χ0n) is 15.9. The number of aliphatic carboxylic acids is 1. The first-order valence-electron chi connectivity index (χ1n) is 9.70. The highest BCUT2D eigenvalue weighted by atomic mass is 16.4. The molecule has 0 amide bonds. The van der Waals surface area contributed by atoms with Crippen LogP contribution < -0.4 is 5.32 Å². The maximum atomic E-state index is 11.9. The lowest BCUT2D eigenvalue weighted by atomic mass is 9.81. The Balaban J connectivity index is 1.74. The van der Waals surface area contributed by atoms with Gasteiger partial charge in [-0.1, -0.05) is 38.0 Å². The molecule has 8 heteroatoms. The Hall–Kier alpha value is -2.51. The van der Waals surface area contributed by atoms with Crippen molar-refractivity contribution in [2.24, 2.45) is 11.8 Å². The van der Waals surface area contributed by atoms with Gasteiger partial charge in [-0.15, -0.1) is 10.2 Å². The second-order valence-corrected chi connectivity index (χ2v) is 7.83. The van der Waals surface area contributed by atoms with Gasteiger partial charge in [0.05, 0.1) is 5.92 Å². The van der Waals surface area contributed by atoms with E-state index < -0.39 is 11.9 Å². The van der Waals surface area contributed by atoms with E-state index in [4.69, 9.17) is 0 Å². The number of carbonyl (C=O) groups is 1. The third-order valence-electron chi connectivity index (χ3n) is 5.21. The molecular weight excluding hydrogens is 344 g/mol. The highest BCUT2D eigenvalue weighted by molar-refractivity contribution is 5.71. The number of pyridine rings is 1. The van der Waals surface area contributed by atoms with Gasteiger partial charge in [-0.25, -0.2) is 4.98 Å². The monoisotopic (exact) mass is 372 g/mol. The van der Waals surface area contributed by atoms with E-state index in [1.54, 1.807) is 0 Å². The fourth-order valence-corrected chi connectivity index (χ4v) is 3.85. The Morgan fingerprint density at radius 1 is 1.33 bits per heavy atom. The molecule has 3 N–H and O–H groups in total. The van der Waals surface area contributed by atoms with Gasteiger partial charge in [-0.05, 0) is 43.2 Å². The number of hydrogen-bond acceptors (Lipinski definition) is 6. The lowest BCUT2D eigenvalue weighted by molar-refractivity contribution is -0.143. The maximum absolute atomic E-state index is 11.9. The van der Waals surface area contributed by atoms with Crippen LogP contribution in [0.25, 0.3) is 0 Å². The molecule has 1 aliphatic rings. The highest BCUT2D eigenvalue weighted by Crippen LogP contribution is 2.31. The SMILES string of the molecule is CC(C)CC(C(=O)O)C(Cc1ccc(NC2CCCC2)nc1)c1nn[nH]n1. The molecule has 0 radical (unpaired) electrons. The topological polar surface area (TPSA) is 117 Å². The second-order valence-electron chi connectivity index (χ2n) is 7.83. The molecule has 27 heavy (non-hydrogen) atoms. The van der Waals surface area contributed by atoms with Crippen molar-refractivity contribution in [1.29, 1.82) is 0 Å². The van der Waals surface area contributed by atoms with Crippen molar-refractivity contribution >= 4 is 11.8 Å². The van der Waals surface area contributed by atoms with Gasteiger partial charge >= 0.3 is 5.97 Å². The molecule has 2 heterocycles. The third-order valence-corrected chi connectivity index (χ3v) is 5.21. The van der Waals surface area contributed by atoms with Crippen LogP contribution in [0.1, 0.15) is 63.3 Å². The number of aromatic amines is 1. The molecule has 2 atom stereocenters. The third kappa shape index (κ3) is 5.24. The van der Waals surface area contributed by atoms with Crippen molar-refractivity contribution in [2.45, 2.75) is 64.3 Å². The summed E-state index contributed by atoms with van der Waals surface area (Å²) in [5.41, 5.74) is 0.969. The molecule has 0 aromatic carbocycles. The molecule has 1 fully saturated rings. The average molecular weight is 372 g/mol. The summed E-state index contributed by atoms with van der Waals surface area (Å²) < 4.78 is 0. The van der Waals surface area contributed by atoms with E-state index in [1.165, 1.54) is 25.7 Å².